The highest BCUT2D eigenvalue weighted by Crippen LogP contribution is 2.19. The van der Waals surface area contributed by atoms with Crippen molar-refractivity contribution < 1.29 is 15.0 Å². The fraction of sp³-hybridized carbons (Fsp3) is 0.100. The highest BCUT2D eigenvalue weighted by Gasteiger charge is 2.08. The standard InChI is InChI=1S/C10H11NO3/c11-5-1-2-7-3-4-8(10(13)14)9(12)6-7/h1-4,6,12H,5,11H2,(H,13,14). The summed E-state index contributed by atoms with van der Waals surface area (Å²) in [4.78, 5) is 10.5. The van der Waals surface area contributed by atoms with E-state index in [9.17, 15) is 9.90 Å². The Kier molecular flexibility index (Phi) is 3.25. The minimum Gasteiger partial charge on any atom is -0.507 e. The van der Waals surface area contributed by atoms with Gasteiger partial charge in [-0.1, -0.05) is 18.2 Å². The van der Waals surface area contributed by atoms with E-state index in [1.807, 2.05) is 0 Å². The van der Waals surface area contributed by atoms with Crippen LogP contribution in [0.5, 0.6) is 5.75 Å². The topological polar surface area (TPSA) is 83.6 Å². The lowest BCUT2D eigenvalue weighted by Crippen LogP contribution is -1.96. The fourth-order valence-electron chi connectivity index (χ4n) is 1.04. The predicted octanol–water partition coefficient (Wildman–Crippen LogP) is 1.06. The lowest BCUT2D eigenvalue weighted by atomic mass is 10.1. The van der Waals surface area contributed by atoms with Gasteiger partial charge in [0, 0.05) is 6.54 Å². The van der Waals surface area contributed by atoms with Crippen molar-refractivity contribution in [2.45, 2.75) is 0 Å². The highest BCUT2D eigenvalue weighted by atomic mass is 16.4. The largest absolute Gasteiger partial charge is 0.507 e. The summed E-state index contributed by atoms with van der Waals surface area (Å²) in [6.45, 7) is 0.404. The van der Waals surface area contributed by atoms with Crippen molar-refractivity contribution in [3.05, 3.63) is 35.4 Å². The van der Waals surface area contributed by atoms with Crippen LogP contribution in [0.3, 0.4) is 0 Å². The molecule has 0 amide bonds. The fourth-order valence-corrected chi connectivity index (χ4v) is 1.04. The van der Waals surface area contributed by atoms with Gasteiger partial charge in [0.25, 0.3) is 0 Å². The zero-order chi connectivity index (χ0) is 10.6. The van der Waals surface area contributed by atoms with Gasteiger partial charge in [0.15, 0.2) is 0 Å². The van der Waals surface area contributed by atoms with Crippen molar-refractivity contribution >= 4 is 12.0 Å². The summed E-state index contributed by atoms with van der Waals surface area (Å²) in [6, 6.07) is 4.35. The molecule has 0 spiro atoms. The normalized spacial score (nSPS) is 10.6. The summed E-state index contributed by atoms with van der Waals surface area (Å²) in [6.07, 6.45) is 3.43. The quantitative estimate of drug-likeness (QED) is 0.670. The van der Waals surface area contributed by atoms with Gasteiger partial charge in [-0.2, -0.15) is 0 Å². The van der Waals surface area contributed by atoms with Crippen molar-refractivity contribution in [3.8, 4) is 5.75 Å². The monoisotopic (exact) mass is 193 g/mol. The first-order valence-corrected chi connectivity index (χ1v) is 4.08. The second-order valence-corrected chi connectivity index (χ2v) is 2.72. The van der Waals surface area contributed by atoms with Crippen molar-refractivity contribution in [3.63, 3.8) is 0 Å². The first-order valence-electron chi connectivity index (χ1n) is 4.08. The molecule has 74 valence electrons. The third-order valence-electron chi connectivity index (χ3n) is 1.70. The minimum atomic E-state index is -1.14. The van der Waals surface area contributed by atoms with E-state index in [4.69, 9.17) is 10.8 Å². The number of nitrogens with two attached hydrogens (primary N) is 1. The summed E-state index contributed by atoms with van der Waals surface area (Å²) in [5.74, 6) is -1.38. The summed E-state index contributed by atoms with van der Waals surface area (Å²) >= 11 is 0. The summed E-state index contributed by atoms with van der Waals surface area (Å²) in [5, 5.41) is 17.9. The molecule has 1 rings (SSSR count). The smallest absolute Gasteiger partial charge is 0.339 e. The van der Waals surface area contributed by atoms with Gasteiger partial charge in [0.1, 0.15) is 11.3 Å². The molecule has 0 fully saturated rings. The van der Waals surface area contributed by atoms with Crippen LogP contribution in [0.15, 0.2) is 24.3 Å². The molecule has 14 heavy (non-hydrogen) atoms. The molecule has 1 aromatic carbocycles. The van der Waals surface area contributed by atoms with Crippen LogP contribution in [-0.2, 0) is 0 Å². The Labute approximate surface area is 81.3 Å². The van der Waals surface area contributed by atoms with Gasteiger partial charge in [-0.25, -0.2) is 4.79 Å². The maximum Gasteiger partial charge on any atom is 0.339 e. The Balaban J connectivity index is 3.00. The number of carboxylic acid groups (broad SMARTS) is 1. The van der Waals surface area contributed by atoms with Crippen LogP contribution in [0.4, 0.5) is 0 Å². The number of rotatable bonds is 3. The van der Waals surface area contributed by atoms with E-state index in [-0.39, 0.29) is 11.3 Å². The molecule has 1 aromatic rings. The Morgan fingerprint density at radius 1 is 1.50 bits per heavy atom. The number of benzene rings is 1. The number of carboxylic acids is 1. The molecule has 0 unspecified atom stereocenters. The zero-order valence-electron chi connectivity index (χ0n) is 7.47. The first-order chi connectivity index (χ1) is 6.65. The van der Waals surface area contributed by atoms with Crippen LogP contribution in [-0.4, -0.2) is 22.7 Å². The number of aromatic hydroxyl groups is 1. The van der Waals surface area contributed by atoms with E-state index in [0.29, 0.717) is 6.54 Å². The summed E-state index contributed by atoms with van der Waals surface area (Å²) in [7, 11) is 0. The Morgan fingerprint density at radius 3 is 2.71 bits per heavy atom. The number of hydrogen-bond donors (Lipinski definition) is 3. The maximum absolute atomic E-state index is 10.5. The molecule has 4 nitrogen and oxygen atoms in total. The average Bonchev–Trinajstić information content (AvgIpc) is 2.14. The second-order valence-electron chi connectivity index (χ2n) is 2.72. The van der Waals surface area contributed by atoms with Gasteiger partial charge in [-0.15, -0.1) is 0 Å². The molecule has 4 N–H and O–H groups in total. The zero-order valence-corrected chi connectivity index (χ0v) is 7.47. The Hall–Kier alpha value is -1.81. The third-order valence-corrected chi connectivity index (χ3v) is 1.70. The predicted molar refractivity (Wildman–Crippen MR) is 53.2 cm³/mol. The molecular weight excluding hydrogens is 182 g/mol. The number of hydrogen-bond acceptors (Lipinski definition) is 3. The lowest BCUT2D eigenvalue weighted by molar-refractivity contribution is 0.0694. The summed E-state index contributed by atoms with van der Waals surface area (Å²) < 4.78 is 0. The van der Waals surface area contributed by atoms with Crippen molar-refractivity contribution in [1.82, 2.24) is 0 Å². The minimum absolute atomic E-state index is 0.102. The molecule has 0 aliphatic heterocycles. The van der Waals surface area contributed by atoms with Gasteiger partial charge < -0.3 is 15.9 Å². The first kappa shape index (κ1) is 10.3. The molecule has 0 aromatic heterocycles. The Morgan fingerprint density at radius 2 is 2.21 bits per heavy atom. The van der Waals surface area contributed by atoms with E-state index in [1.54, 1.807) is 18.2 Å². The maximum atomic E-state index is 10.5. The van der Waals surface area contributed by atoms with Crippen molar-refractivity contribution in [2.24, 2.45) is 5.73 Å². The van der Waals surface area contributed by atoms with Gasteiger partial charge >= 0.3 is 5.97 Å². The molecule has 0 heterocycles. The second kappa shape index (κ2) is 4.43. The van der Waals surface area contributed by atoms with Crippen LogP contribution < -0.4 is 5.73 Å². The molecule has 0 saturated heterocycles. The van der Waals surface area contributed by atoms with Crippen LogP contribution in [0.25, 0.3) is 6.08 Å². The molecule has 0 bridgehead atoms. The van der Waals surface area contributed by atoms with Gasteiger partial charge in [-0.3, -0.25) is 0 Å². The van der Waals surface area contributed by atoms with E-state index >= 15 is 0 Å². The number of phenols is 1. The average molecular weight is 193 g/mol. The molecule has 0 radical (unpaired) electrons. The molecule has 0 saturated carbocycles. The van der Waals surface area contributed by atoms with Crippen LogP contribution in [0.1, 0.15) is 15.9 Å². The van der Waals surface area contributed by atoms with Crippen LogP contribution >= 0.6 is 0 Å². The molecule has 0 atom stereocenters. The number of aromatic carboxylic acids is 1. The van der Waals surface area contributed by atoms with Gasteiger partial charge in [-0.05, 0) is 17.7 Å². The highest BCUT2D eigenvalue weighted by molar-refractivity contribution is 5.91. The van der Waals surface area contributed by atoms with E-state index in [0.717, 1.165) is 5.56 Å². The lowest BCUT2D eigenvalue weighted by Gasteiger charge is -2.00. The van der Waals surface area contributed by atoms with E-state index in [1.165, 1.54) is 12.1 Å². The summed E-state index contributed by atoms with van der Waals surface area (Å²) in [5.41, 5.74) is 5.87. The van der Waals surface area contributed by atoms with E-state index in [2.05, 4.69) is 0 Å². The molecule has 4 heteroatoms. The third kappa shape index (κ3) is 2.34. The SMILES string of the molecule is NCC=Cc1ccc(C(=O)O)c(O)c1. The van der Waals surface area contributed by atoms with Crippen molar-refractivity contribution in [2.75, 3.05) is 6.54 Å². The number of carbonyl (C=O) groups is 1. The molecular formula is C10H11NO3. The van der Waals surface area contributed by atoms with Crippen LogP contribution in [0, 0.1) is 0 Å². The molecule has 0 aliphatic rings. The van der Waals surface area contributed by atoms with Crippen LogP contribution in [0.2, 0.25) is 0 Å². The van der Waals surface area contributed by atoms with Crippen molar-refractivity contribution in [1.29, 1.82) is 0 Å². The molecule has 0 aliphatic carbocycles. The van der Waals surface area contributed by atoms with E-state index < -0.39 is 5.97 Å². The Bertz CT molecular complexity index is 372. The van der Waals surface area contributed by atoms with Gasteiger partial charge in [0.2, 0.25) is 0 Å². The van der Waals surface area contributed by atoms with Gasteiger partial charge in [0.05, 0.1) is 0 Å².